The molecule has 80 valence electrons. The average Bonchev–Trinajstić information content (AvgIpc) is 2.70. The Morgan fingerprint density at radius 2 is 2.43 bits per heavy atom. The monoisotopic (exact) mass is 213 g/mol. The van der Waals surface area contributed by atoms with Crippen LogP contribution in [0.25, 0.3) is 0 Å². The van der Waals surface area contributed by atoms with Gasteiger partial charge in [0.2, 0.25) is 0 Å². The van der Waals surface area contributed by atoms with Crippen LogP contribution in [0, 0.1) is 0 Å². The van der Waals surface area contributed by atoms with Gasteiger partial charge in [-0.2, -0.15) is 0 Å². The van der Waals surface area contributed by atoms with Crippen molar-refractivity contribution in [2.45, 2.75) is 32.2 Å². The van der Waals surface area contributed by atoms with E-state index in [-0.39, 0.29) is 6.61 Å². The summed E-state index contributed by atoms with van der Waals surface area (Å²) in [6, 6.07) is 4.75. The third-order valence-corrected chi connectivity index (χ3v) is 3.18. The third kappa shape index (κ3) is 3.78. The lowest BCUT2D eigenvalue weighted by atomic mass is 10.1. The number of aliphatic hydroxyl groups is 1. The van der Waals surface area contributed by atoms with Crippen molar-refractivity contribution in [2.24, 2.45) is 0 Å². The van der Waals surface area contributed by atoms with Crippen LogP contribution in [0.5, 0.6) is 0 Å². The van der Waals surface area contributed by atoms with Crippen LogP contribution in [0.2, 0.25) is 0 Å². The van der Waals surface area contributed by atoms with E-state index in [0.717, 1.165) is 13.0 Å². The van der Waals surface area contributed by atoms with Gasteiger partial charge in [0.25, 0.3) is 0 Å². The first-order chi connectivity index (χ1) is 6.88. The van der Waals surface area contributed by atoms with Gasteiger partial charge in [-0.3, -0.25) is 0 Å². The highest BCUT2D eigenvalue weighted by Gasteiger charge is 2.09. The Hall–Kier alpha value is -0.380. The third-order valence-electron chi connectivity index (χ3n) is 2.19. The fourth-order valence-electron chi connectivity index (χ4n) is 1.48. The summed E-state index contributed by atoms with van der Waals surface area (Å²) >= 11 is 1.80. The van der Waals surface area contributed by atoms with Gasteiger partial charge in [0.1, 0.15) is 0 Å². The summed E-state index contributed by atoms with van der Waals surface area (Å²) in [5, 5.41) is 14.3. The van der Waals surface area contributed by atoms with E-state index < -0.39 is 0 Å². The van der Waals surface area contributed by atoms with E-state index in [0.29, 0.717) is 6.04 Å². The Morgan fingerprint density at radius 1 is 1.57 bits per heavy atom. The van der Waals surface area contributed by atoms with Crippen molar-refractivity contribution >= 4 is 11.3 Å². The molecule has 0 radical (unpaired) electrons. The van der Waals surface area contributed by atoms with Gasteiger partial charge in [0.05, 0.1) is 0 Å². The first-order valence-electron chi connectivity index (χ1n) is 5.26. The van der Waals surface area contributed by atoms with Crippen LogP contribution >= 0.6 is 11.3 Å². The molecule has 1 unspecified atom stereocenters. The van der Waals surface area contributed by atoms with Crippen molar-refractivity contribution < 1.29 is 5.11 Å². The second kappa shape index (κ2) is 6.98. The van der Waals surface area contributed by atoms with Gasteiger partial charge in [-0.15, -0.1) is 11.3 Å². The normalized spacial score (nSPS) is 13.0. The summed E-state index contributed by atoms with van der Waals surface area (Å²) in [5.74, 6) is 0. The predicted octanol–water partition coefficient (Wildman–Crippen LogP) is 2.56. The van der Waals surface area contributed by atoms with Crippen LogP contribution < -0.4 is 5.32 Å². The topological polar surface area (TPSA) is 32.3 Å². The van der Waals surface area contributed by atoms with E-state index in [1.165, 1.54) is 17.7 Å². The van der Waals surface area contributed by atoms with Gasteiger partial charge < -0.3 is 10.4 Å². The standard InChI is InChI=1S/C11H19NOS/c1-2-5-10(12-7-4-8-13)11-6-3-9-14-11/h3,6,9-10,12-13H,2,4-5,7-8H2,1H3. The molecule has 1 heterocycles. The van der Waals surface area contributed by atoms with Gasteiger partial charge in [-0.25, -0.2) is 0 Å². The molecule has 0 fully saturated rings. The first kappa shape index (κ1) is 11.7. The van der Waals surface area contributed by atoms with E-state index in [2.05, 4.69) is 29.8 Å². The molecule has 1 aromatic heterocycles. The minimum Gasteiger partial charge on any atom is -0.396 e. The lowest BCUT2D eigenvalue weighted by molar-refractivity contribution is 0.282. The molecular weight excluding hydrogens is 194 g/mol. The van der Waals surface area contributed by atoms with Crippen molar-refractivity contribution in [1.29, 1.82) is 0 Å². The molecule has 2 N–H and O–H groups in total. The predicted molar refractivity (Wildman–Crippen MR) is 61.7 cm³/mol. The van der Waals surface area contributed by atoms with Crippen molar-refractivity contribution in [3.8, 4) is 0 Å². The second-order valence-corrected chi connectivity index (χ2v) is 4.37. The number of hydrogen-bond acceptors (Lipinski definition) is 3. The first-order valence-corrected chi connectivity index (χ1v) is 6.14. The molecule has 0 saturated heterocycles. The molecule has 0 amide bonds. The maximum absolute atomic E-state index is 8.70. The van der Waals surface area contributed by atoms with E-state index in [9.17, 15) is 0 Å². The van der Waals surface area contributed by atoms with Gasteiger partial charge in [-0.1, -0.05) is 19.4 Å². The van der Waals surface area contributed by atoms with Crippen LogP contribution in [0.4, 0.5) is 0 Å². The van der Waals surface area contributed by atoms with Gasteiger partial charge in [0, 0.05) is 17.5 Å². The number of aliphatic hydroxyl groups excluding tert-OH is 1. The summed E-state index contributed by atoms with van der Waals surface area (Å²) in [5.41, 5.74) is 0. The van der Waals surface area contributed by atoms with E-state index in [1.807, 2.05) is 0 Å². The summed E-state index contributed by atoms with van der Waals surface area (Å²) in [6.07, 6.45) is 3.20. The number of hydrogen-bond donors (Lipinski definition) is 2. The average molecular weight is 213 g/mol. The molecule has 1 aromatic rings. The minimum absolute atomic E-state index is 0.274. The van der Waals surface area contributed by atoms with Crippen LogP contribution in [-0.4, -0.2) is 18.3 Å². The molecule has 0 aliphatic rings. The maximum Gasteiger partial charge on any atom is 0.0443 e. The Labute approximate surface area is 90.0 Å². The quantitative estimate of drug-likeness (QED) is 0.682. The van der Waals surface area contributed by atoms with Crippen LogP contribution in [-0.2, 0) is 0 Å². The zero-order valence-corrected chi connectivity index (χ0v) is 9.52. The van der Waals surface area contributed by atoms with E-state index in [4.69, 9.17) is 5.11 Å². The summed E-state index contributed by atoms with van der Waals surface area (Å²) in [6.45, 7) is 3.38. The van der Waals surface area contributed by atoms with E-state index >= 15 is 0 Å². The highest BCUT2D eigenvalue weighted by Crippen LogP contribution is 2.22. The van der Waals surface area contributed by atoms with Crippen LogP contribution in [0.15, 0.2) is 17.5 Å². The SMILES string of the molecule is CCCC(NCCCO)c1cccs1. The molecule has 2 nitrogen and oxygen atoms in total. The second-order valence-electron chi connectivity index (χ2n) is 3.39. The van der Waals surface area contributed by atoms with Crippen molar-refractivity contribution in [3.05, 3.63) is 22.4 Å². The Bertz CT molecular complexity index is 223. The molecule has 1 rings (SSSR count). The molecule has 0 spiro atoms. The number of nitrogens with one attached hydrogen (secondary N) is 1. The zero-order valence-electron chi connectivity index (χ0n) is 8.70. The molecule has 0 aliphatic carbocycles. The Morgan fingerprint density at radius 3 is 3.00 bits per heavy atom. The molecule has 1 atom stereocenters. The van der Waals surface area contributed by atoms with Gasteiger partial charge in [-0.05, 0) is 30.8 Å². The van der Waals surface area contributed by atoms with Gasteiger partial charge in [0.15, 0.2) is 0 Å². The zero-order chi connectivity index (χ0) is 10.2. The molecule has 0 bridgehead atoms. The highest BCUT2D eigenvalue weighted by atomic mass is 32.1. The molecule has 3 heteroatoms. The van der Waals surface area contributed by atoms with Crippen LogP contribution in [0.1, 0.15) is 37.1 Å². The molecule has 0 aliphatic heterocycles. The summed E-state index contributed by atoms with van der Waals surface area (Å²) in [7, 11) is 0. The van der Waals surface area contributed by atoms with Gasteiger partial charge >= 0.3 is 0 Å². The number of rotatable bonds is 7. The smallest absolute Gasteiger partial charge is 0.0443 e. The van der Waals surface area contributed by atoms with E-state index in [1.54, 1.807) is 11.3 Å². The fourth-order valence-corrected chi connectivity index (χ4v) is 2.32. The van der Waals surface area contributed by atoms with Crippen molar-refractivity contribution in [1.82, 2.24) is 5.32 Å². The number of thiophene rings is 1. The summed E-state index contributed by atoms with van der Waals surface area (Å²) < 4.78 is 0. The highest BCUT2D eigenvalue weighted by molar-refractivity contribution is 7.10. The molecular formula is C11H19NOS. The summed E-state index contributed by atoms with van der Waals surface area (Å²) in [4.78, 5) is 1.41. The van der Waals surface area contributed by atoms with Crippen molar-refractivity contribution in [2.75, 3.05) is 13.2 Å². The minimum atomic E-state index is 0.274. The lowest BCUT2D eigenvalue weighted by Gasteiger charge is -2.16. The Balaban J connectivity index is 2.39. The Kier molecular flexibility index (Phi) is 5.83. The molecule has 14 heavy (non-hydrogen) atoms. The van der Waals surface area contributed by atoms with Crippen molar-refractivity contribution in [3.63, 3.8) is 0 Å². The molecule has 0 saturated carbocycles. The maximum atomic E-state index is 8.70. The lowest BCUT2D eigenvalue weighted by Crippen LogP contribution is -2.22. The van der Waals surface area contributed by atoms with Crippen LogP contribution in [0.3, 0.4) is 0 Å². The largest absolute Gasteiger partial charge is 0.396 e. The molecule has 0 aromatic carbocycles. The fraction of sp³-hybridized carbons (Fsp3) is 0.636.